The number of hydrogen-bond acceptors (Lipinski definition) is 8. The van der Waals surface area contributed by atoms with Crippen LogP contribution in [0, 0.1) is 17.0 Å². The normalized spacial score (nSPS) is 12.1. The number of hydrogen-bond donors (Lipinski definition) is 2. The quantitative estimate of drug-likeness (QED) is 0.533. The highest BCUT2D eigenvalue weighted by Crippen LogP contribution is 2.33. The number of nitrogens with one attached hydrogen (secondary N) is 1. The van der Waals surface area contributed by atoms with Gasteiger partial charge in [-0.1, -0.05) is 0 Å². The van der Waals surface area contributed by atoms with Gasteiger partial charge in [0.1, 0.15) is 23.3 Å². The third kappa shape index (κ3) is 3.03. The second kappa shape index (κ2) is 6.27. The largest absolute Gasteiger partial charge is 0.497 e. The van der Waals surface area contributed by atoms with Gasteiger partial charge in [-0.25, -0.2) is 4.98 Å². The minimum Gasteiger partial charge on any atom is -0.497 e. The maximum atomic E-state index is 10.8. The van der Waals surface area contributed by atoms with Gasteiger partial charge in [0.25, 0.3) is 0 Å². The molecule has 9 nitrogen and oxygen atoms in total. The number of aryl methyl sites for hydroxylation is 1. The van der Waals surface area contributed by atoms with Crippen molar-refractivity contribution < 1.29 is 14.1 Å². The molecule has 1 atom stereocenters. The highest BCUT2D eigenvalue weighted by atomic mass is 16.6. The number of fused-ring (bicyclic) bond motifs is 1. The molecule has 0 aliphatic carbocycles. The first kappa shape index (κ1) is 16.5. The van der Waals surface area contributed by atoms with E-state index < -0.39 is 4.92 Å². The fraction of sp³-hybridized carbons (Fsp3) is 0.250. The van der Waals surface area contributed by atoms with Gasteiger partial charge in [-0.05, 0) is 32.0 Å². The van der Waals surface area contributed by atoms with Crippen LogP contribution in [0.1, 0.15) is 24.3 Å². The van der Waals surface area contributed by atoms with E-state index in [0.29, 0.717) is 5.76 Å². The van der Waals surface area contributed by atoms with E-state index in [2.05, 4.69) is 15.3 Å². The molecule has 0 fully saturated rings. The van der Waals surface area contributed by atoms with Crippen LogP contribution in [0.25, 0.3) is 11.0 Å². The molecule has 130 valence electrons. The third-order valence-corrected chi connectivity index (χ3v) is 3.91. The fourth-order valence-corrected chi connectivity index (χ4v) is 2.62. The first-order chi connectivity index (χ1) is 11.9. The van der Waals surface area contributed by atoms with Crippen molar-refractivity contribution in [2.75, 3.05) is 18.2 Å². The van der Waals surface area contributed by atoms with Gasteiger partial charge < -0.3 is 20.2 Å². The van der Waals surface area contributed by atoms with Gasteiger partial charge in [-0.2, -0.15) is 4.98 Å². The van der Waals surface area contributed by atoms with Crippen LogP contribution < -0.4 is 15.8 Å². The first-order valence-corrected chi connectivity index (χ1v) is 7.51. The summed E-state index contributed by atoms with van der Waals surface area (Å²) in [6, 6.07) is 5.31. The molecule has 25 heavy (non-hydrogen) atoms. The molecular weight excluding hydrogens is 326 g/mol. The van der Waals surface area contributed by atoms with Crippen LogP contribution >= 0.6 is 0 Å². The number of aromatic nitrogens is 2. The van der Waals surface area contributed by atoms with E-state index in [9.17, 15) is 10.1 Å². The van der Waals surface area contributed by atoms with Gasteiger partial charge in [-0.15, -0.1) is 0 Å². The number of nitrogens with two attached hydrogens (primary N) is 1. The molecule has 3 N–H and O–H groups in total. The molecule has 0 saturated heterocycles. The van der Waals surface area contributed by atoms with Crippen molar-refractivity contribution in [2.24, 2.45) is 0 Å². The van der Waals surface area contributed by atoms with E-state index in [4.69, 9.17) is 14.9 Å². The van der Waals surface area contributed by atoms with Crippen molar-refractivity contribution in [1.82, 2.24) is 9.97 Å². The minimum atomic E-state index is -0.626. The van der Waals surface area contributed by atoms with Crippen molar-refractivity contribution in [3.8, 4) is 5.75 Å². The Kier molecular flexibility index (Phi) is 4.14. The molecule has 1 aromatic carbocycles. The van der Waals surface area contributed by atoms with E-state index in [1.54, 1.807) is 7.11 Å². The number of nitrogen functional groups attached to an aromatic ring is 1. The summed E-state index contributed by atoms with van der Waals surface area (Å²) in [4.78, 5) is 18.0. The number of furan rings is 1. The SMILES string of the molecule is COc1ccc2oc(C(C)Nc3ncc([N+](=O)[O-])c(N)n3)c(C)c2c1. The van der Waals surface area contributed by atoms with Crippen LogP contribution in [0.2, 0.25) is 0 Å². The molecule has 0 aliphatic heterocycles. The molecule has 3 aromatic rings. The summed E-state index contributed by atoms with van der Waals surface area (Å²) in [6.45, 7) is 3.83. The molecule has 9 heteroatoms. The van der Waals surface area contributed by atoms with E-state index in [0.717, 1.165) is 28.5 Å². The predicted molar refractivity (Wildman–Crippen MR) is 92.6 cm³/mol. The molecule has 3 rings (SSSR count). The fourth-order valence-electron chi connectivity index (χ4n) is 2.62. The Morgan fingerprint density at radius 3 is 2.84 bits per heavy atom. The zero-order chi connectivity index (χ0) is 18.1. The lowest BCUT2D eigenvalue weighted by molar-refractivity contribution is -0.384. The lowest BCUT2D eigenvalue weighted by atomic mass is 10.1. The Morgan fingerprint density at radius 1 is 1.44 bits per heavy atom. The van der Waals surface area contributed by atoms with Gasteiger partial charge >= 0.3 is 5.69 Å². The number of ether oxygens (including phenoxy) is 1. The smallest absolute Gasteiger partial charge is 0.329 e. The van der Waals surface area contributed by atoms with E-state index in [1.165, 1.54) is 0 Å². The Bertz CT molecular complexity index is 953. The Morgan fingerprint density at radius 2 is 2.20 bits per heavy atom. The summed E-state index contributed by atoms with van der Waals surface area (Å²) in [5, 5.41) is 14.8. The van der Waals surface area contributed by atoms with Crippen LogP contribution in [0.3, 0.4) is 0 Å². The van der Waals surface area contributed by atoms with Gasteiger partial charge in [0.2, 0.25) is 11.8 Å². The van der Waals surface area contributed by atoms with E-state index in [1.807, 2.05) is 32.0 Å². The van der Waals surface area contributed by atoms with Crippen molar-refractivity contribution in [1.29, 1.82) is 0 Å². The summed E-state index contributed by atoms with van der Waals surface area (Å²) >= 11 is 0. The molecule has 0 radical (unpaired) electrons. The molecule has 1 unspecified atom stereocenters. The predicted octanol–water partition coefficient (Wildman–Crippen LogP) is 3.20. The molecular formula is C16H17N5O4. The maximum absolute atomic E-state index is 10.8. The average molecular weight is 343 g/mol. The van der Waals surface area contributed by atoms with Gasteiger partial charge in [0.15, 0.2) is 0 Å². The number of rotatable bonds is 5. The van der Waals surface area contributed by atoms with Crippen LogP contribution in [-0.2, 0) is 0 Å². The topological polar surface area (TPSA) is 129 Å². The lowest BCUT2D eigenvalue weighted by Crippen LogP contribution is -2.11. The molecule has 2 aromatic heterocycles. The maximum Gasteiger partial charge on any atom is 0.329 e. The molecule has 2 heterocycles. The summed E-state index contributed by atoms with van der Waals surface area (Å²) in [5.74, 6) is 1.45. The van der Waals surface area contributed by atoms with Crippen LogP contribution in [0.15, 0.2) is 28.8 Å². The molecule has 0 amide bonds. The first-order valence-electron chi connectivity index (χ1n) is 7.51. The summed E-state index contributed by atoms with van der Waals surface area (Å²) < 4.78 is 11.2. The Hall–Kier alpha value is -3.36. The highest BCUT2D eigenvalue weighted by molar-refractivity contribution is 5.83. The van der Waals surface area contributed by atoms with Gasteiger partial charge in [-0.3, -0.25) is 10.1 Å². The number of nitrogens with zero attached hydrogens (tertiary/aromatic N) is 3. The van der Waals surface area contributed by atoms with Crippen molar-refractivity contribution in [2.45, 2.75) is 19.9 Å². The lowest BCUT2D eigenvalue weighted by Gasteiger charge is -2.12. The highest BCUT2D eigenvalue weighted by Gasteiger charge is 2.20. The van der Waals surface area contributed by atoms with Crippen LogP contribution in [0.4, 0.5) is 17.5 Å². The van der Waals surface area contributed by atoms with Gasteiger partial charge in [0.05, 0.1) is 18.1 Å². The van der Waals surface area contributed by atoms with Gasteiger partial charge in [0, 0.05) is 10.9 Å². The number of anilines is 2. The third-order valence-electron chi connectivity index (χ3n) is 3.91. The zero-order valence-electron chi connectivity index (χ0n) is 13.9. The number of methoxy groups -OCH3 is 1. The zero-order valence-corrected chi connectivity index (χ0v) is 13.9. The second-order valence-corrected chi connectivity index (χ2v) is 5.54. The molecule has 0 bridgehead atoms. The number of nitro groups is 1. The van der Waals surface area contributed by atoms with E-state index in [-0.39, 0.29) is 23.5 Å². The van der Waals surface area contributed by atoms with Crippen molar-refractivity contribution in [3.05, 3.63) is 45.8 Å². The summed E-state index contributed by atoms with van der Waals surface area (Å²) in [6.07, 6.45) is 1.08. The van der Waals surface area contributed by atoms with Crippen LogP contribution in [-0.4, -0.2) is 22.0 Å². The molecule has 0 saturated carbocycles. The van der Waals surface area contributed by atoms with Crippen molar-refractivity contribution >= 4 is 28.4 Å². The molecule has 0 spiro atoms. The summed E-state index contributed by atoms with van der Waals surface area (Å²) in [5.41, 5.74) is 6.96. The van der Waals surface area contributed by atoms with E-state index >= 15 is 0 Å². The average Bonchev–Trinajstić information content (AvgIpc) is 2.91. The number of benzene rings is 1. The standard InChI is InChI=1S/C16H17N5O4/c1-8-11-6-10(24-3)4-5-13(11)25-14(8)9(2)19-16-18-7-12(21(22)23)15(17)20-16/h4-7,9H,1-3H3,(H3,17,18,19,20). The van der Waals surface area contributed by atoms with Crippen molar-refractivity contribution in [3.63, 3.8) is 0 Å². The Labute approximate surface area is 143 Å². The monoisotopic (exact) mass is 343 g/mol. The minimum absolute atomic E-state index is 0.188. The summed E-state index contributed by atoms with van der Waals surface area (Å²) in [7, 11) is 1.61. The van der Waals surface area contributed by atoms with Crippen LogP contribution in [0.5, 0.6) is 5.75 Å². The second-order valence-electron chi connectivity index (χ2n) is 5.54. The Balaban J connectivity index is 1.89. The molecule has 0 aliphatic rings.